The Morgan fingerprint density at radius 1 is 1.41 bits per heavy atom. The van der Waals surface area contributed by atoms with Crippen LogP contribution in [0, 0.1) is 0 Å². The molecule has 17 heavy (non-hydrogen) atoms. The van der Waals surface area contributed by atoms with Crippen molar-refractivity contribution in [3.63, 3.8) is 0 Å². The van der Waals surface area contributed by atoms with E-state index in [9.17, 15) is 0 Å². The first kappa shape index (κ1) is 13.2. The highest BCUT2D eigenvalue weighted by molar-refractivity contribution is 5.79. The predicted octanol–water partition coefficient (Wildman–Crippen LogP) is 3.71. The fourth-order valence-electron chi connectivity index (χ4n) is 1.44. The normalized spacial score (nSPS) is 12.4. The Morgan fingerprint density at radius 2 is 2.12 bits per heavy atom. The van der Waals surface area contributed by atoms with Gasteiger partial charge < -0.3 is 5.73 Å². The van der Waals surface area contributed by atoms with Gasteiger partial charge in [0.05, 0.1) is 5.84 Å². The molecule has 2 N–H and O–H groups in total. The van der Waals surface area contributed by atoms with Crippen LogP contribution in [0.15, 0.2) is 48.1 Å². The first-order valence-corrected chi connectivity index (χ1v) is 5.76. The SMILES string of the molecule is C=C(/C=C\N=C(\C)N)c1cccc(C(C)C)c1. The number of hydrogen-bond donors (Lipinski definition) is 1. The molecule has 0 aromatic heterocycles. The van der Waals surface area contributed by atoms with Gasteiger partial charge in [-0.05, 0) is 35.6 Å². The van der Waals surface area contributed by atoms with E-state index in [4.69, 9.17) is 5.73 Å². The van der Waals surface area contributed by atoms with Crippen molar-refractivity contribution < 1.29 is 0 Å². The average molecular weight is 228 g/mol. The molecular formula is C15H20N2. The van der Waals surface area contributed by atoms with Crippen molar-refractivity contribution in [3.05, 3.63) is 54.2 Å². The molecule has 90 valence electrons. The molecule has 0 unspecified atom stereocenters. The Balaban J connectivity index is 2.86. The van der Waals surface area contributed by atoms with Crippen molar-refractivity contribution in [2.75, 3.05) is 0 Å². The van der Waals surface area contributed by atoms with Crippen LogP contribution in [0.25, 0.3) is 5.57 Å². The molecular weight excluding hydrogens is 208 g/mol. The third-order valence-corrected chi connectivity index (χ3v) is 2.48. The Morgan fingerprint density at radius 3 is 2.71 bits per heavy atom. The van der Waals surface area contributed by atoms with E-state index in [0.717, 1.165) is 11.1 Å². The summed E-state index contributed by atoms with van der Waals surface area (Å²) in [5.74, 6) is 1.07. The highest BCUT2D eigenvalue weighted by Gasteiger charge is 2.01. The zero-order chi connectivity index (χ0) is 12.8. The Hall–Kier alpha value is -1.83. The second-order valence-electron chi connectivity index (χ2n) is 4.39. The Bertz CT molecular complexity index is 450. The van der Waals surface area contributed by atoms with Crippen molar-refractivity contribution in [3.8, 4) is 0 Å². The molecule has 1 rings (SSSR count). The molecule has 0 aliphatic rings. The summed E-state index contributed by atoms with van der Waals surface area (Å²) in [4.78, 5) is 4.00. The third-order valence-electron chi connectivity index (χ3n) is 2.48. The monoisotopic (exact) mass is 228 g/mol. The molecule has 0 radical (unpaired) electrons. The topological polar surface area (TPSA) is 38.4 Å². The summed E-state index contributed by atoms with van der Waals surface area (Å²) in [6.45, 7) is 10.1. The second-order valence-corrected chi connectivity index (χ2v) is 4.39. The van der Waals surface area contributed by atoms with Crippen LogP contribution in [-0.4, -0.2) is 5.84 Å². The first-order chi connectivity index (χ1) is 8.00. The number of aliphatic imine (C=N–C) groups is 1. The number of hydrogen-bond acceptors (Lipinski definition) is 1. The molecule has 2 nitrogen and oxygen atoms in total. The number of rotatable bonds is 4. The maximum absolute atomic E-state index is 5.45. The van der Waals surface area contributed by atoms with Crippen LogP contribution in [0.4, 0.5) is 0 Å². The van der Waals surface area contributed by atoms with Gasteiger partial charge in [-0.1, -0.05) is 44.7 Å². The quantitative estimate of drug-likeness (QED) is 0.476. The lowest BCUT2D eigenvalue weighted by Gasteiger charge is -2.07. The van der Waals surface area contributed by atoms with Crippen molar-refractivity contribution in [1.29, 1.82) is 0 Å². The molecule has 0 saturated carbocycles. The first-order valence-electron chi connectivity index (χ1n) is 5.76. The number of allylic oxidation sites excluding steroid dienone is 2. The summed E-state index contributed by atoms with van der Waals surface area (Å²) in [5, 5.41) is 0. The van der Waals surface area contributed by atoms with Crippen molar-refractivity contribution in [1.82, 2.24) is 0 Å². The standard InChI is InChI=1S/C15H20N2/c1-11(2)14-6-5-7-15(10-14)12(3)8-9-17-13(4)16/h5-11H,3H2,1-2,4H3,(H2,16,17)/b9-8-. The van der Waals surface area contributed by atoms with Crippen LogP contribution in [0.5, 0.6) is 0 Å². The molecule has 1 aromatic carbocycles. The van der Waals surface area contributed by atoms with Crippen LogP contribution in [-0.2, 0) is 0 Å². The fraction of sp³-hybridized carbons (Fsp3) is 0.267. The highest BCUT2D eigenvalue weighted by atomic mass is 14.8. The van der Waals surface area contributed by atoms with Crippen LogP contribution < -0.4 is 5.73 Å². The number of amidine groups is 1. The van der Waals surface area contributed by atoms with Gasteiger partial charge in [0.2, 0.25) is 0 Å². The minimum Gasteiger partial charge on any atom is -0.387 e. The number of nitrogens with zero attached hydrogens (tertiary/aromatic N) is 1. The summed E-state index contributed by atoms with van der Waals surface area (Å²) in [5.41, 5.74) is 8.83. The van der Waals surface area contributed by atoms with Gasteiger partial charge in [0.15, 0.2) is 0 Å². The van der Waals surface area contributed by atoms with Gasteiger partial charge >= 0.3 is 0 Å². The summed E-state index contributed by atoms with van der Waals surface area (Å²) < 4.78 is 0. The van der Waals surface area contributed by atoms with Crippen molar-refractivity contribution in [2.24, 2.45) is 10.7 Å². The maximum atomic E-state index is 5.45. The van der Waals surface area contributed by atoms with E-state index in [1.54, 1.807) is 13.1 Å². The lowest BCUT2D eigenvalue weighted by atomic mass is 9.98. The molecule has 0 bridgehead atoms. The summed E-state index contributed by atoms with van der Waals surface area (Å²) in [6.07, 6.45) is 3.55. The van der Waals surface area contributed by atoms with E-state index < -0.39 is 0 Å². The van der Waals surface area contributed by atoms with E-state index >= 15 is 0 Å². The van der Waals surface area contributed by atoms with Gasteiger partial charge in [-0.15, -0.1) is 0 Å². The van der Waals surface area contributed by atoms with Crippen LogP contribution in [0.1, 0.15) is 37.8 Å². The van der Waals surface area contributed by atoms with Gasteiger partial charge in [0.25, 0.3) is 0 Å². The molecule has 2 heteroatoms. The molecule has 0 spiro atoms. The van der Waals surface area contributed by atoms with Crippen LogP contribution in [0.3, 0.4) is 0 Å². The molecule has 0 aliphatic carbocycles. The molecule has 0 saturated heterocycles. The minimum atomic E-state index is 0.524. The fourth-order valence-corrected chi connectivity index (χ4v) is 1.44. The van der Waals surface area contributed by atoms with Gasteiger partial charge in [-0.2, -0.15) is 0 Å². The van der Waals surface area contributed by atoms with Gasteiger partial charge in [-0.25, -0.2) is 4.99 Å². The highest BCUT2D eigenvalue weighted by Crippen LogP contribution is 2.20. The average Bonchev–Trinajstić information content (AvgIpc) is 2.28. The zero-order valence-corrected chi connectivity index (χ0v) is 10.8. The smallest absolute Gasteiger partial charge is 0.0957 e. The molecule has 0 amide bonds. The lowest BCUT2D eigenvalue weighted by molar-refractivity contribution is 0.866. The summed E-state index contributed by atoms with van der Waals surface area (Å²) in [7, 11) is 0. The Kier molecular flexibility index (Phi) is 4.70. The van der Waals surface area contributed by atoms with Gasteiger partial charge in [0, 0.05) is 6.20 Å². The molecule has 0 heterocycles. The van der Waals surface area contributed by atoms with E-state index in [-0.39, 0.29) is 0 Å². The summed E-state index contributed by atoms with van der Waals surface area (Å²) >= 11 is 0. The van der Waals surface area contributed by atoms with Gasteiger partial charge in [0.1, 0.15) is 0 Å². The van der Waals surface area contributed by atoms with Crippen molar-refractivity contribution >= 4 is 11.4 Å². The largest absolute Gasteiger partial charge is 0.387 e. The maximum Gasteiger partial charge on any atom is 0.0957 e. The summed E-state index contributed by atoms with van der Waals surface area (Å²) in [6, 6.07) is 8.41. The van der Waals surface area contributed by atoms with E-state index in [2.05, 4.69) is 49.7 Å². The number of benzene rings is 1. The molecule has 1 aromatic rings. The number of nitrogens with two attached hydrogens (primary N) is 1. The second kappa shape index (κ2) is 6.04. The van der Waals surface area contributed by atoms with E-state index in [1.807, 2.05) is 6.08 Å². The third kappa shape index (κ3) is 4.27. The predicted molar refractivity (Wildman–Crippen MR) is 76.0 cm³/mol. The van der Waals surface area contributed by atoms with E-state index in [1.165, 1.54) is 5.56 Å². The zero-order valence-electron chi connectivity index (χ0n) is 10.8. The Labute approximate surface area is 104 Å². The molecule has 0 fully saturated rings. The lowest BCUT2D eigenvalue weighted by Crippen LogP contribution is -2.03. The van der Waals surface area contributed by atoms with Crippen molar-refractivity contribution in [2.45, 2.75) is 26.7 Å². The minimum absolute atomic E-state index is 0.524. The van der Waals surface area contributed by atoms with E-state index in [0.29, 0.717) is 11.8 Å². The molecule has 0 atom stereocenters. The van der Waals surface area contributed by atoms with Crippen LogP contribution >= 0.6 is 0 Å². The van der Waals surface area contributed by atoms with Gasteiger partial charge in [-0.3, -0.25) is 0 Å². The molecule has 0 aliphatic heterocycles. The van der Waals surface area contributed by atoms with Crippen LogP contribution in [0.2, 0.25) is 0 Å².